The lowest BCUT2D eigenvalue weighted by atomic mass is 9.99. The van der Waals surface area contributed by atoms with Crippen molar-refractivity contribution in [2.45, 2.75) is 87.6 Å². The van der Waals surface area contributed by atoms with Crippen molar-refractivity contribution >= 4 is 31.7 Å². The van der Waals surface area contributed by atoms with Gasteiger partial charge in [-0.05, 0) is 85.0 Å². The fourth-order valence-electron chi connectivity index (χ4n) is 5.24. The van der Waals surface area contributed by atoms with Crippen molar-refractivity contribution in [3.8, 4) is 11.1 Å². The van der Waals surface area contributed by atoms with E-state index in [2.05, 4.69) is 120 Å². The third-order valence-corrected chi connectivity index (χ3v) is 9.31. The first-order chi connectivity index (χ1) is 19.8. The van der Waals surface area contributed by atoms with Gasteiger partial charge in [0.05, 0.1) is 0 Å². The van der Waals surface area contributed by atoms with E-state index in [0.717, 1.165) is 38.7 Å². The first-order valence-electron chi connectivity index (χ1n) is 15.2. The number of hydrogen-bond donors (Lipinski definition) is 0. The van der Waals surface area contributed by atoms with Crippen LogP contribution >= 0.6 is 8.19 Å². The second-order valence-corrected chi connectivity index (χ2v) is 12.3. The van der Waals surface area contributed by atoms with E-state index in [4.69, 9.17) is 0 Å². The number of aromatic nitrogens is 1. The number of carbonyl (C=O) groups excluding carboxylic acids is 1. The Morgan fingerprint density at radius 2 is 1.59 bits per heavy atom. The topological polar surface area (TPSA) is 22.0 Å². The van der Waals surface area contributed by atoms with Gasteiger partial charge in [-0.25, -0.2) is 0 Å². The normalized spacial score (nSPS) is 12.6. The molecule has 0 N–H and O–H groups in total. The van der Waals surface area contributed by atoms with E-state index in [0.29, 0.717) is 0 Å². The summed E-state index contributed by atoms with van der Waals surface area (Å²) in [5, 5.41) is 5.54. The van der Waals surface area contributed by atoms with Gasteiger partial charge in [0.15, 0.2) is 5.78 Å². The largest absolute Gasteiger partial charge is 0.342 e. The fourth-order valence-corrected chi connectivity index (χ4v) is 6.64. The van der Waals surface area contributed by atoms with Gasteiger partial charge in [0.2, 0.25) is 0 Å². The molecule has 4 rings (SSSR count). The molecule has 0 fully saturated rings. The second kappa shape index (κ2) is 15.6. The molecule has 1 atom stereocenters. The van der Waals surface area contributed by atoms with Gasteiger partial charge in [0, 0.05) is 34.4 Å². The highest BCUT2D eigenvalue weighted by molar-refractivity contribution is 7.32. The van der Waals surface area contributed by atoms with Crippen LogP contribution in [0, 0.1) is 13.8 Å². The third kappa shape index (κ3) is 7.90. The average Bonchev–Trinajstić information content (AvgIpc) is 3.47. The minimum absolute atomic E-state index is 0.0936. The van der Waals surface area contributed by atoms with Gasteiger partial charge < -0.3 is 4.57 Å². The van der Waals surface area contributed by atoms with Gasteiger partial charge in [-0.15, -0.1) is 8.19 Å². The van der Waals surface area contributed by atoms with E-state index in [1.807, 2.05) is 12.1 Å². The predicted molar refractivity (Wildman–Crippen MR) is 183 cm³/mol. The van der Waals surface area contributed by atoms with Gasteiger partial charge in [-0.3, -0.25) is 4.79 Å². The van der Waals surface area contributed by atoms with E-state index in [9.17, 15) is 4.79 Å². The summed E-state index contributed by atoms with van der Waals surface area (Å²) in [6.07, 6.45) is 14.0. The molecule has 2 nitrogen and oxygen atoms in total. The minimum atomic E-state index is 0.0936. The lowest BCUT2D eigenvalue weighted by Crippen LogP contribution is -2.30. The Morgan fingerprint density at radius 1 is 0.927 bits per heavy atom. The van der Waals surface area contributed by atoms with Crippen molar-refractivity contribution in [3.05, 3.63) is 110 Å². The van der Waals surface area contributed by atoms with Crippen LogP contribution in [0.3, 0.4) is 0 Å². The molecule has 0 aliphatic rings. The molecule has 0 amide bonds. The van der Waals surface area contributed by atoms with Crippen LogP contribution in [0.25, 0.3) is 28.9 Å². The molecule has 0 spiro atoms. The Labute approximate surface area is 249 Å². The molecule has 0 bridgehead atoms. The summed E-state index contributed by atoms with van der Waals surface area (Å²) in [5.74, 6) is 0.0936. The number of benzene rings is 2. The monoisotopic (exact) mass is 565 g/mol. The van der Waals surface area contributed by atoms with E-state index in [-0.39, 0.29) is 5.78 Å². The molecule has 0 saturated heterocycles. The number of hydrogen-bond acceptors (Lipinski definition) is 1. The van der Waals surface area contributed by atoms with Crippen LogP contribution in [0.4, 0.5) is 0 Å². The van der Waals surface area contributed by atoms with Crippen LogP contribution in [-0.2, 0) is 13.0 Å². The average molecular weight is 566 g/mol. The van der Waals surface area contributed by atoms with Crippen LogP contribution in [-0.4, -0.2) is 10.4 Å². The zero-order chi connectivity index (χ0) is 29.9. The minimum Gasteiger partial charge on any atom is -0.342 e. The summed E-state index contributed by atoms with van der Waals surface area (Å²) >= 11 is 0. The smallest absolute Gasteiger partial charge is 0.159 e. The molecule has 2 aromatic carbocycles. The second-order valence-electron chi connectivity index (χ2n) is 10.7. The van der Waals surface area contributed by atoms with E-state index in [1.54, 1.807) is 12.2 Å². The van der Waals surface area contributed by atoms with Crippen molar-refractivity contribution in [1.82, 2.24) is 4.57 Å². The Bertz CT molecular complexity index is 1580. The van der Waals surface area contributed by atoms with Crippen molar-refractivity contribution in [2.24, 2.45) is 0 Å². The number of rotatable bonds is 9. The van der Waals surface area contributed by atoms with Crippen LogP contribution in [0.1, 0.15) is 98.4 Å². The van der Waals surface area contributed by atoms with Crippen LogP contribution in [0.2, 0.25) is 0 Å². The first-order valence-corrected chi connectivity index (χ1v) is 16.2. The number of nitrogens with zero attached hydrogens (tertiary/aromatic N) is 1. The zero-order valence-electron chi connectivity index (χ0n) is 26.4. The van der Waals surface area contributed by atoms with Crippen molar-refractivity contribution in [2.75, 3.05) is 0 Å². The molecule has 3 heteroatoms. The SMILES string of the molecule is CCCC.C\C=C(/C=c1\c(=C\CC)c(-c2ccc(C(C)=O)cc2)cn1Cc1ccccc1)c1c(C)[pH]c(CC)c1C. The molecule has 2 aromatic heterocycles. The van der Waals surface area contributed by atoms with Gasteiger partial charge in [-0.2, -0.15) is 0 Å². The molecule has 0 aliphatic carbocycles. The highest BCUT2D eigenvalue weighted by Gasteiger charge is 2.14. The first kappa shape index (κ1) is 32.2. The summed E-state index contributed by atoms with van der Waals surface area (Å²) in [6.45, 7) is 18.0. The lowest BCUT2D eigenvalue weighted by Gasteiger charge is -2.08. The maximum absolute atomic E-state index is 11.9. The summed E-state index contributed by atoms with van der Waals surface area (Å²) in [5.41, 5.74) is 8.52. The van der Waals surface area contributed by atoms with Crippen LogP contribution in [0.5, 0.6) is 0 Å². The molecule has 2 heterocycles. The highest BCUT2D eigenvalue weighted by atomic mass is 31.0. The maximum Gasteiger partial charge on any atom is 0.159 e. The molecule has 4 aromatic rings. The molecule has 216 valence electrons. The van der Waals surface area contributed by atoms with E-state index >= 15 is 0 Å². The quantitative estimate of drug-likeness (QED) is 0.185. The highest BCUT2D eigenvalue weighted by Crippen LogP contribution is 2.37. The molecule has 0 aliphatic heterocycles. The zero-order valence-corrected chi connectivity index (χ0v) is 27.4. The van der Waals surface area contributed by atoms with Gasteiger partial charge in [0.1, 0.15) is 0 Å². The van der Waals surface area contributed by atoms with Crippen molar-refractivity contribution < 1.29 is 4.79 Å². The number of aryl methyl sites for hydroxylation is 2. The number of ketones is 1. The third-order valence-electron chi connectivity index (χ3n) is 7.65. The van der Waals surface area contributed by atoms with Gasteiger partial charge in [0.25, 0.3) is 0 Å². The summed E-state index contributed by atoms with van der Waals surface area (Å²) in [4.78, 5) is 11.9. The number of carbonyl (C=O) groups is 1. The predicted octanol–water partition coefficient (Wildman–Crippen LogP) is 9.50. The number of Topliss-reactive ketones (excluding diaryl/α,β-unsaturated/α-hetero) is 1. The van der Waals surface area contributed by atoms with Crippen LogP contribution in [0.15, 0.2) is 66.9 Å². The van der Waals surface area contributed by atoms with Gasteiger partial charge in [-0.1, -0.05) is 107 Å². The van der Waals surface area contributed by atoms with Gasteiger partial charge >= 0.3 is 0 Å². The maximum atomic E-state index is 11.9. The van der Waals surface area contributed by atoms with E-state index in [1.165, 1.54) is 56.5 Å². The van der Waals surface area contributed by atoms with E-state index < -0.39 is 0 Å². The fraction of sp³-hybridized carbons (Fsp3) is 0.342. The Balaban J connectivity index is 0.00000108. The molecule has 0 radical (unpaired) electrons. The Hall–Kier alpha value is -3.35. The summed E-state index contributed by atoms with van der Waals surface area (Å²) in [7, 11) is 0.799. The van der Waals surface area contributed by atoms with Crippen molar-refractivity contribution in [3.63, 3.8) is 0 Å². The molecule has 41 heavy (non-hydrogen) atoms. The lowest BCUT2D eigenvalue weighted by molar-refractivity contribution is 0.101. The molecule has 1 unspecified atom stereocenters. The molecular weight excluding hydrogens is 517 g/mol. The molecule has 0 saturated carbocycles. The number of unbranched alkanes of at least 4 members (excludes halogenated alkanes) is 1. The summed E-state index contributed by atoms with van der Waals surface area (Å²) in [6, 6.07) is 18.7. The standard InChI is InChI=1S/C34H38NOP.C4H10/c1-7-13-30-31(29-18-16-28(17-19-29)24(5)36)22-35(21-26-14-11-10-12-15-26)32(30)20-27(8-2)34-23(4)33(9-3)37-25(34)6;1-3-4-2/h8,10-20,22,37H,7,9,21H2,1-6H3;3-4H2,1-2H3/b27-8+,30-13+,32-20+;. The number of allylic oxidation sites excluding steroid dienone is 2. The van der Waals surface area contributed by atoms with Crippen molar-refractivity contribution in [1.29, 1.82) is 0 Å². The molecular formula is C38H48NOP. The Kier molecular flexibility index (Phi) is 12.2. The van der Waals surface area contributed by atoms with Crippen LogP contribution < -0.4 is 10.6 Å². The Morgan fingerprint density at radius 3 is 2.10 bits per heavy atom. The summed E-state index contributed by atoms with van der Waals surface area (Å²) < 4.78 is 2.39.